The molecule has 2 aliphatic heterocycles. The van der Waals surface area contributed by atoms with E-state index in [1.807, 2.05) is 18.2 Å². The summed E-state index contributed by atoms with van der Waals surface area (Å²) in [5.74, 6) is -1.58. The summed E-state index contributed by atoms with van der Waals surface area (Å²) in [6, 6.07) is 7.32. The lowest BCUT2D eigenvalue weighted by Gasteiger charge is -2.51. The predicted octanol–water partition coefficient (Wildman–Crippen LogP) is 0.488. The van der Waals surface area contributed by atoms with Crippen molar-refractivity contribution >= 4 is 18.0 Å². The number of carbonyl (C=O) groups is 3. The van der Waals surface area contributed by atoms with Gasteiger partial charge >= 0.3 is 12.1 Å². The summed E-state index contributed by atoms with van der Waals surface area (Å²) in [5.41, 5.74) is 0.783. The first-order valence-electron chi connectivity index (χ1n) is 9.72. The molecule has 0 spiro atoms. The largest absolute Gasteiger partial charge is 0.464 e. The number of ether oxygens (including phenoxy) is 2. The fraction of sp³-hybridized carbons (Fsp3) is 0.550. The van der Waals surface area contributed by atoms with E-state index in [9.17, 15) is 24.6 Å². The number of amides is 2. The van der Waals surface area contributed by atoms with E-state index in [0.29, 0.717) is 12.8 Å². The zero-order valence-corrected chi connectivity index (χ0v) is 16.3. The molecule has 2 N–H and O–H groups in total. The first kappa shape index (κ1) is 21.1. The number of nitrogens with zero attached hydrogens (tertiary/aromatic N) is 2. The van der Waals surface area contributed by atoms with Crippen LogP contribution >= 0.6 is 0 Å². The first-order chi connectivity index (χ1) is 14.0. The Morgan fingerprint density at radius 2 is 1.90 bits per heavy atom. The minimum Gasteiger partial charge on any atom is -0.464 e. The number of rotatable bonds is 5. The van der Waals surface area contributed by atoms with Crippen LogP contribution in [0.4, 0.5) is 4.79 Å². The first-order valence-corrected chi connectivity index (χ1v) is 9.72. The maximum atomic E-state index is 12.8. The molecule has 2 heterocycles. The van der Waals surface area contributed by atoms with Crippen molar-refractivity contribution in [3.8, 4) is 0 Å². The molecule has 1 aromatic carbocycles. The molecule has 9 heteroatoms. The molecule has 29 heavy (non-hydrogen) atoms. The second-order valence-electron chi connectivity index (χ2n) is 7.17. The molecule has 0 aromatic heterocycles. The number of hydrogen-bond acceptors (Lipinski definition) is 7. The summed E-state index contributed by atoms with van der Waals surface area (Å²) in [6.07, 6.45) is -1.35. The number of piperazine rings is 1. The van der Waals surface area contributed by atoms with Crippen molar-refractivity contribution in [3.05, 3.63) is 35.9 Å². The zero-order chi connectivity index (χ0) is 21.0. The maximum absolute atomic E-state index is 12.8. The van der Waals surface area contributed by atoms with Gasteiger partial charge in [-0.3, -0.25) is 9.69 Å². The van der Waals surface area contributed by atoms with E-state index in [2.05, 4.69) is 0 Å². The van der Waals surface area contributed by atoms with Crippen molar-refractivity contribution in [1.82, 2.24) is 9.80 Å². The summed E-state index contributed by atoms with van der Waals surface area (Å²) in [4.78, 5) is 40.0. The highest BCUT2D eigenvalue weighted by atomic mass is 16.6. The van der Waals surface area contributed by atoms with Crippen LogP contribution in [0.5, 0.6) is 0 Å². The average Bonchev–Trinajstić information content (AvgIpc) is 2.74. The Morgan fingerprint density at radius 1 is 1.17 bits per heavy atom. The molecule has 2 aliphatic rings. The van der Waals surface area contributed by atoms with Gasteiger partial charge in [0.05, 0.1) is 12.6 Å². The van der Waals surface area contributed by atoms with E-state index in [1.165, 1.54) is 4.90 Å². The van der Waals surface area contributed by atoms with Gasteiger partial charge in [0.1, 0.15) is 19.2 Å². The van der Waals surface area contributed by atoms with Gasteiger partial charge in [-0.1, -0.05) is 30.3 Å². The molecule has 0 unspecified atom stereocenters. The lowest BCUT2D eigenvalue weighted by atomic mass is 9.83. The van der Waals surface area contributed by atoms with Crippen LogP contribution in [-0.2, 0) is 25.7 Å². The Hall–Kier alpha value is -2.65. The highest BCUT2D eigenvalue weighted by molar-refractivity contribution is 5.89. The SMILES string of the molecule is CCOC(=O)[C@@H]1[C@@H](CO)CC[C@H]2[C@@H](O)N(C(=O)OCc3ccccc3)CC(=O)N12. The zero-order valence-electron chi connectivity index (χ0n) is 16.3. The maximum Gasteiger partial charge on any atom is 0.412 e. The van der Waals surface area contributed by atoms with Crippen LogP contribution in [0.15, 0.2) is 30.3 Å². The van der Waals surface area contributed by atoms with Crippen molar-refractivity contribution in [2.75, 3.05) is 19.8 Å². The normalized spacial score (nSPS) is 26.7. The molecule has 1 aromatic rings. The van der Waals surface area contributed by atoms with Gasteiger partial charge in [-0.15, -0.1) is 0 Å². The second-order valence-corrected chi connectivity index (χ2v) is 7.17. The fourth-order valence-electron chi connectivity index (χ4n) is 3.98. The van der Waals surface area contributed by atoms with E-state index in [4.69, 9.17) is 9.47 Å². The minimum absolute atomic E-state index is 0.0174. The van der Waals surface area contributed by atoms with Gasteiger partial charge in [0.2, 0.25) is 5.91 Å². The van der Waals surface area contributed by atoms with E-state index in [0.717, 1.165) is 10.5 Å². The number of hydrogen-bond donors (Lipinski definition) is 2. The molecule has 4 atom stereocenters. The smallest absolute Gasteiger partial charge is 0.412 e. The minimum atomic E-state index is -1.31. The number of benzene rings is 1. The third-order valence-electron chi connectivity index (χ3n) is 5.40. The second kappa shape index (κ2) is 9.23. The number of carbonyl (C=O) groups excluding carboxylic acids is 3. The summed E-state index contributed by atoms with van der Waals surface area (Å²) < 4.78 is 10.3. The summed E-state index contributed by atoms with van der Waals surface area (Å²) >= 11 is 0. The van der Waals surface area contributed by atoms with E-state index in [-0.39, 0.29) is 19.8 Å². The number of aliphatic hydroxyl groups excluding tert-OH is 2. The molecular weight excluding hydrogens is 380 g/mol. The van der Waals surface area contributed by atoms with Crippen molar-refractivity contribution in [1.29, 1.82) is 0 Å². The molecule has 2 amide bonds. The molecule has 2 fully saturated rings. The number of piperidine rings is 1. The molecular formula is C20H26N2O7. The Kier molecular flexibility index (Phi) is 6.71. The van der Waals surface area contributed by atoms with Gasteiger partial charge in [0, 0.05) is 12.5 Å². The summed E-state index contributed by atoms with van der Waals surface area (Å²) in [5, 5.41) is 20.4. The average molecular weight is 406 g/mol. The quantitative estimate of drug-likeness (QED) is 0.684. The molecule has 0 saturated carbocycles. The van der Waals surface area contributed by atoms with Gasteiger partial charge in [-0.05, 0) is 25.3 Å². The van der Waals surface area contributed by atoms with Crippen LogP contribution in [0.3, 0.4) is 0 Å². The number of aliphatic hydroxyl groups is 2. The Labute approximate surface area is 168 Å². The molecule has 0 bridgehead atoms. The summed E-state index contributed by atoms with van der Waals surface area (Å²) in [7, 11) is 0. The Bertz CT molecular complexity index is 742. The van der Waals surface area contributed by atoms with Crippen LogP contribution in [-0.4, -0.2) is 76.1 Å². The van der Waals surface area contributed by atoms with Gasteiger partial charge in [-0.25, -0.2) is 9.59 Å². The van der Waals surface area contributed by atoms with E-state index >= 15 is 0 Å². The molecule has 2 saturated heterocycles. The molecule has 0 radical (unpaired) electrons. The summed E-state index contributed by atoms with van der Waals surface area (Å²) in [6.45, 7) is 1.12. The fourth-order valence-corrected chi connectivity index (χ4v) is 3.98. The van der Waals surface area contributed by atoms with Crippen molar-refractivity contribution in [3.63, 3.8) is 0 Å². The third kappa shape index (κ3) is 4.35. The van der Waals surface area contributed by atoms with Crippen LogP contribution in [0, 0.1) is 5.92 Å². The molecule has 9 nitrogen and oxygen atoms in total. The lowest BCUT2D eigenvalue weighted by Crippen LogP contribution is -2.70. The number of fused-ring (bicyclic) bond motifs is 1. The predicted molar refractivity (Wildman–Crippen MR) is 100 cm³/mol. The topological polar surface area (TPSA) is 117 Å². The monoisotopic (exact) mass is 406 g/mol. The van der Waals surface area contributed by atoms with Gasteiger partial charge in [0.25, 0.3) is 0 Å². The Balaban J connectivity index is 1.73. The van der Waals surface area contributed by atoms with Crippen molar-refractivity contribution in [2.24, 2.45) is 5.92 Å². The van der Waals surface area contributed by atoms with Crippen molar-refractivity contribution in [2.45, 2.75) is 44.7 Å². The van der Waals surface area contributed by atoms with Gasteiger partial charge in [0.15, 0.2) is 6.23 Å². The van der Waals surface area contributed by atoms with Crippen LogP contribution in [0.25, 0.3) is 0 Å². The highest BCUT2D eigenvalue weighted by Crippen LogP contribution is 2.34. The van der Waals surface area contributed by atoms with Crippen LogP contribution in [0.2, 0.25) is 0 Å². The van der Waals surface area contributed by atoms with Gasteiger partial charge < -0.3 is 24.6 Å². The number of esters is 1. The van der Waals surface area contributed by atoms with Crippen molar-refractivity contribution < 1.29 is 34.1 Å². The van der Waals surface area contributed by atoms with E-state index < -0.39 is 48.7 Å². The van der Waals surface area contributed by atoms with Crippen LogP contribution in [0.1, 0.15) is 25.3 Å². The van der Waals surface area contributed by atoms with Gasteiger partial charge in [-0.2, -0.15) is 0 Å². The Morgan fingerprint density at radius 3 is 2.55 bits per heavy atom. The standard InChI is InChI=1S/C20H26N2O7/c1-2-28-19(26)17-14(11-23)8-9-15-18(25)21(10-16(24)22(15)17)20(27)29-12-13-6-4-3-5-7-13/h3-7,14-15,17-18,23,25H,2,8-12H2,1H3/t14-,15+,17+,18-/m1/s1. The molecule has 0 aliphatic carbocycles. The third-order valence-corrected chi connectivity index (χ3v) is 5.40. The highest BCUT2D eigenvalue weighted by Gasteiger charge is 2.52. The lowest BCUT2D eigenvalue weighted by molar-refractivity contribution is -0.182. The van der Waals surface area contributed by atoms with E-state index in [1.54, 1.807) is 19.1 Å². The molecule has 158 valence electrons. The van der Waals surface area contributed by atoms with Crippen LogP contribution < -0.4 is 0 Å². The molecule has 3 rings (SSSR count).